The van der Waals surface area contributed by atoms with E-state index in [1.807, 2.05) is 30.8 Å². The van der Waals surface area contributed by atoms with Crippen LogP contribution in [0, 0.1) is 5.82 Å². The van der Waals surface area contributed by atoms with E-state index in [0.717, 1.165) is 48.8 Å². The molecule has 1 aliphatic rings. The average molecular weight is 373 g/mol. The standard InChI is InChI=1S/C21H28FN3O2/c1-4-23-21(20-15(2)10-11-25(20)3)24-18-9-8-16(22)13-19(18)27-17-7-5-6-12-26-14-17/h8-11,13,17,23-24H,2,4-7,12,14H2,1,3H3/b21-20-/t17-/m0/s1. The number of rotatable bonds is 6. The number of aromatic nitrogens is 1. The highest BCUT2D eigenvalue weighted by Crippen LogP contribution is 2.28. The van der Waals surface area contributed by atoms with Crippen LogP contribution in [0.25, 0.3) is 12.4 Å². The van der Waals surface area contributed by atoms with Crippen molar-refractivity contribution in [2.24, 2.45) is 7.05 Å². The molecule has 5 nitrogen and oxygen atoms in total. The van der Waals surface area contributed by atoms with Crippen LogP contribution in [0.1, 0.15) is 26.2 Å². The van der Waals surface area contributed by atoms with Crippen LogP contribution in [0.2, 0.25) is 0 Å². The average Bonchev–Trinajstić information content (AvgIpc) is 2.83. The number of nitrogens with zero attached hydrogens (tertiary/aromatic N) is 1. The van der Waals surface area contributed by atoms with Gasteiger partial charge in [0.15, 0.2) is 0 Å². The van der Waals surface area contributed by atoms with Gasteiger partial charge < -0.3 is 24.7 Å². The van der Waals surface area contributed by atoms with Crippen LogP contribution in [-0.4, -0.2) is 30.4 Å². The zero-order valence-electron chi connectivity index (χ0n) is 16.1. The van der Waals surface area contributed by atoms with Gasteiger partial charge in [0.2, 0.25) is 0 Å². The van der Waals surface area contributed by atoms with Crippen LogP contribution in [-0.2, 0) is 11.8 Å². The van der Waals surface area contributed by atoms with Crippen LogP contribution in [0.3, 0.4) is 0 Å². The zero-order chi connectivity index (χ0) is 19.2. The minimum absolute atomic E-state index is 0.0733. The number of halogens is 1. The van der Waals surface area contributed by atoms with Gasteiger partial charge in [-0.2, -0.15) is 0 Å². The van der Waals surface area contributed by atoms with Gasteiger partial charge in [0, 0.05) is 32.5 Å². The summed E-state index contributed by atoms with van der Waals surface area (Å²) in [7, 11) is 1.97. The normalized spacial score (nSPS) is 18.6. The second-order valence-corrected chi connectivity index (χ2v) is 6.78. The molecule has 0 aliphatic carbocycles. The molecule has 2 N–H and O–H groups in total. The molecule has 1 saturated heterocycles. The van der Waals surface area contributed by atoms with E-state index in [9.17, 15) is 4.39 Å². The fourth-order valence-corrected chi connectivity index (χ4v) is 3.26. The molecule has 27 heavy (non-hydrogen) atoms. The molecule has 146 valence electrons. The number of benzene rings is 1. The summed E-state index contributed by atoms with van der Waals surface area (Å²) in [6.45, 7) is 8.14. The highest BCUT2D eigenvalue weighted by Gasteiger charge is 2.17. The van der Waals surface area contributed by atoms with E-state index >= 15 is 0 Å². The van der Waals surface area contributed by atoms with Gasteiger partial charge in [0.25, 0.3) is 0 Å². The quantitative estimate of drug-likeness (QED) is 0.816. The minimum Gasteiger partial charge on any atom is -0.486 e. The van der Waals surface area contributed by atoms with E-state index in [4.69, 9.17) is 9.47 Å². The molecule has 1 aromatic heterocycles. The van der Waals surface area contributed by atoms with E-state index in [-0.39, 0.29) is 11.9 Å². The van der Waals surface area contributed by atoms with Crippen molar-refractivity contribution in [2.45, 2.75) is 32.3 Å². The molecular weight excluding hydrogens is 345 g/mol. The Labute approximate surface area is 159 Å². The highest BCUT2D eigenvalue weighted by atomic mass is 19.1. The molecule has 3 rings (SSSR count). The Kier molecular flexibility index (Phi) is 6.40. The van der Waals surface area contributed by atoms with Gasteiger partial charge in [-0.1, -0.05) is 6.58 Å². The van der Waals surface area contributed by atoms with Gasteiger partial charge in [-0.05, 0) is 49.6 Å². The number of hydrogen-bond donors (Lipinski definition) is 2. The van der Waals surface area contributed by atoms with Gasteiger partial charge in [-0.15, -0.1) is 0 Å². The molecule has 1 aliphatic heterocycles. The number of ether oxygens (including phenoxy) is 2. The molecule has 2 aromatic rings. The number of hydrogen-bond acceptors (Lipinski definition) is 4. The topological polar surface area (TPSA) is 47.5 Å². The predicted octanol–water partition coefficient (Wildman–Crippen LogP) is 2.31. The molecule has 1 atom stereocenters. The van der Waals surface area contributed by atoms with Gasteiger partial charge in [0.05, 0.1) is 17.6 Å². The maximum atomic E-state index is 13.9. The van der Waals surface area contributed by atoms with Crippen molar-refractivity contribution in [2.75, 3.05) is 25.1 Å². The molecule has 0 amide bonds. The lowest BCUT2D eigenvalue weighted by Crippen LogP contribution is -2.37. The SMILES string of the molecule is C=c1ccn(C)/c1=C(/NCC)Nc1ccc(F)cc1O[C@H]1CCCCOC1. The summed E-state index contributed by atoms with van der Waals surface area (Å²) in [6, 6.07) is 6.51. The van der Waals surface area contributed by atoms with Gasteiger partial charge in [-0.25, -0.2) is 4.39 Å². The summed E-state index contributed by atoms with van der Waals surface area (Å²) in [4.78, 5) is 0. The molecule has 1 aromatic carbocycles. The van der Waals surface area contributed by atoms with Crippen molar-refractivity contribution >= 4 is 18.1 Å². The Balaban J connectivity index is 1.94. The summed E-state index contributed by atoms with van der Waals surface area (Å²) in [6.07, 6.45) is 4.87. The fraction of sp³-hybridized carbons (Fsp3) is 0.429. The Hall–Kier alpha value is -2.47. The Bertz CT molecular complexity index is 870. The molecule has 0 unspecified atom stereocenters. The molecule has 0 spiro atoms. The van der Waals surface area contributed by atoms with Crippen molar-refractivity contribution in [1.29, 1.82) is 0 Å². The van der Waals surface area contributed by atoms with Crippen LogP contribution >= 0.6 is 0 Å². The van der Waals surface area contributed by atoms with Crippen molar-refractivity contribution < 1.29 is 13.9 Å². The first-order valence-electron chi connectivity index (χ1n) is 9.48. The van der Waals surface area contributed by atoms with E-state index in [1.165, 1.54) is 12.1 Å². The number of anilines is 1. The second-order valence-electron chi connectivity index (χ2n) is 6.78. The third kappa shape index (κ3) is 4.83. The Morgan fingerprint density at radius 1 is 1.37 bits per heavy atom. The van der Waals surface area contributed by atoms with E-state index in [2.05, 4.69) is 17.2 Å². The summed E-state index contributed by atoms with van der Waals surface area (Å²) >= 11 is 0. The van der Waals surface area contributed by atoms with Crippen molar-refractivity contribution in [3.8, 4) is 5.75 Å². The highest BCUT2D eigenvalue weighted by molar-refractivity contribution is 5.68. The fourth-order valence-electron chi connectivity index (χ4n) is 3.26. The lowest BCUT2D eigenvalue weighted by molar-refractivity contribution is 0.0652. The third-order valence-electron chi connectivity index (χ3n) is 4.61. The van der Waals surface area contributed by atoms with Crippen LogP contribution in [0.5, 0.6) is 5.75 Å². The van der Waals surface area contributed by atoms with Crippen LogP contribution in [0.4, 0.5) is 10.1 Å². The Morgan fingerprint density at radius 3 is 2.96 bits per heavy atom. The summed E-state index contributed by atoms with van der Waals surface area (Å²) in [5, 5.41) is 8.57. The van der Waals surface area contributed by atoms with Gasteiger partial charge in [0.1, 0.15) is 23.5 Å². The first-order valence-corrected chi connectivity index (χ1v) is 9.48. The zero-order valence-corrected chi connectivity index (χ0v) is 16.1. The first kappa shape index (κ1) is 19.3. The molecule has 0 radical (unpaired) electrons. The largest absolute Gasteiger partial charge is 0.486 e. The van der Waals surface area contributed by atoms with Crippen molar-refractivity contribution in [3.63, 3.8) is 0 Å². The van der Waals surface area contributed by atoms with Gasteiger partial charge >= 0.3 is 0 Å². The van der Waals surface area contributed by atoms with Crippen molar-refractivity contribution in [1.82, 2.24) is 9.88 Å². The first-order chi connectivity index (χ1) is 13.1. The number of aryl methyl sites for hydroxylation is 1. The maximum Gasteiger partial charge on any atom is 0.146 e. The second kappa shape index (κ2) is 8.95. The van der Waals surface area contributed by atoms with E-state index < -0.39 is 0 Å². The summed E-state index contributed by atoms with van der Waals surface area (Å²) in [5.41, 5.74) is 0.706. The monoisotopic (exact) mass is 373 g/mol. The van der Waals surface area contributed by atoms with E-state index in [1.54, 1.807) is 6.07 Å². The molecule has 1 fully saturated rings. The smallest absolute Gasteiger partial charge is 0.146 e. The maximum absolute atomic E-state index is 13.9. The lowest BCUT2D eigenvalue weighted by atomic mass is 10.2. The molecule has 2 heterocycles. The molecule has 6 heteroatoms. The molecule has 0 bridgehead atoms. The number of nitrogens with one attached hydrogen (secondary N) is 2. The molecular formula is C21H28FN3O2. The third-order valence-corrected chi connectivity index (χ3v) is 4.61. The minimum atomic E-state index is -0.327. The summed E-state index contributed by atoms with van der Waals surface area (Å²) < 4.78 is 27.6. The van der Waals surface area contributed by atoms with Gasteiger partial charge in [-0.3, -0.25) is 0 Å². The molecule has 0 saturated carbocycles. The Morgan fingerprint density at radius 2 is 2.22 bits per heavy atom. The van der Waals surface area contributed by atoms with Crippen LogP contribution in [0.15, 0.2) is 30.5 Å². The van der Waals surface area contributed by atoms with E-state index in [0.29, 0.717) is 18.0 Å². The summed E-state index contributed by atoms with van der Waals surface area (Å²) in [5.74, 6) is 0.969. The lowest BCUT2D eigenvalue weighted by Gasteiger charge is -2.21. The van der Waals surface area contributed by atoms with Crippen molar-refractivity contribution in [3.05, 3.63) is 46.8 Å². The predicted molar refractivity (Wildman–Crippen MR) is 106 cm³/mol. The van der Waals surface area contributed by atoms with Crippen LogP contribution < -0.4 is 25.9 Å².